The average molecular weight is 238 g/mol. The summed E-state index contributed by atoms with van der Waals surface area (Å²) in [6.07, 6.45) is 3.55. The maximum Gasteiger partial charge on any atom is 0.0753 e. The minimum atomic E-state index is -0.212. The molecule has 0 saturated carbocycles. The number of benzene rings is 1. The summed E-state index contributed by atoms with van der Waals surface area (Å²) >= 11 is 0. The molecular formula is C14H14N4. The lowest BCUT2D eigenvalue weighted by atomic mass is 10.0. The molecule has 0 aliphatic rings. The molecule has 18 heavy (non-hydrogen) atoms. The van der Waals surface area contributed by atoms with E-state index >= 15 is 0 Å². The third kappa shape index (κ3) is 1.67. The van der Waals surface area contributed by atoms with E-state index in [2.05, 4.69) is 10.1 Å². The van der Waals surface area contributed by atoms with E-state index in [1.807, 2.05) is 43.4 Å². The van der Waals surface area contributed by atoms with Gasteiger partial charge in [-0.1, -0.05) is 24.3 Å². The second-order valence-electron chi connectivity index (χ2n) is 4.28. The summed E-state index contributed by atoms with van der Waals surface area (Å²) < 4.78 is 1.80. The number of nitrogens with zero attached hydrogens (tertiary/aromatic N) is 3. The topological polar surface area (TPSA) is 56.7 Å². The van der Waals surface area contributed by atoms with Gasteiger partial charge in [0.05, 0.1) is 17.3 Å². The Morgan fingerprint density at radius 1 is 1.11 bits per heavy atom. The van der Waals surface area contributed by atoms with Gasteiger partial charge in [0.2, 0.25) is 0 Å². The van der Waals surface area contributed by atoms with Crippen LogP contribution in [0.1, 0.15) is 17.3 Å². The Hall–Kier alpha value is -2.20. The first-order chi connectivity index (χ1) is 8.77. The molecule has 90 valence electrons. The molecule has 4 heteroatoms. The highest BCUT2D eigenvalue weighted by molar-refractivity contribution is 5.82. The summed E-state index contributed by atoms with van der Waals surface area (Å²) in [5, 5.41) is 5.26. The minimum Gasteiger partial charge on any atom is -0.319 e. The van der Waals surface area contributed by atoms with E-state index in [0.29, 0.717) is 0 Å². The number of rotatable bonds is 2. The fraction of sp³-hybridized carbons (Fsp3) is 0.143. The van der Waals surface area contributed by atoms with Crippen molar-refractivity contribution in [3.63, 3.8) is 0 Å². The number of aromatic nitrogens is 3. The number of hydrogen-bond acceptors (Lipinski definition) is 3. The van der Waals surface area contributed by atoms with Crippen molar-refractivity contribution in [3.8, 4) is 0 Å². The maximum absolute atomic E-state index is 6.33. The van der Waals surface area contributed by atoms with Crippen LogP contribution in [0.3, 0.4) is 0 Å². The smallest absolute Gasteiger partial charge is 0.0753 e. The van der Waals surface area contributed by atoms with Crippen LogP contribution in [0.15, 0.2) is 48.8 Å². The van der Waals surface area contributed by atoms with Crippen molar-refractivity contribution >= 4 is 10.9 Å². The van der Waals surface area contributed by atoms with Crippen molar-refractivity contribution in [2.24, 2.45) is 12.8 Å². The Morgan fingerprint density at radius 2 is 1.94 bits per heavy atom. The molecule has 2 N–H and O–H groups in total. The average Bonchev–Trinajstić information content (AvgIpc) is 2.83. The summed E-state index contributed by atoms with van der Waals surface area (Å²) in [5.41, 5.74) is 9.28. The number of fused-ring (bicyclic) bond motifs is 1. The highest BCUT2D eigenvalue weighted by atomic mass is 15.3. The largest absolute Gasteiger partial charge is 0.319 e. The van der Waals surface area contributed by atoms with Gasteiger partial charge in [0.1, 0.15) is 0 Å². The predicted molar refractivity (Wildman–Crippen MR) is 71.0 cm³/mol. The Morgan fingerprint density at radius 3 is 2.72 bits per heavy atom. The van der Waals surface area contributed by atoms with Gasteiger partial charge in [0.25, 0.3) is 0 Å². The summed E-state index contributed by atoms with van der Waals surface area (Å²) in [5.74, 6) is 0. The van der Waals surface area contributed by atoms with Crippen molar-refractivity contribution in [3.05, 3.63) is 60.0 Å². The van der Waals surface area contributed by atoms with E-state index in [4.69, 9.17) is 5.73 Å². The Kier molecular flexibility index (Phi) is 2.57. The zero-order chi connectivity index (χ0) is 12.5. The first-order valence-electron chi connectivity index (χ1n) is 5.84. The fourth-order valence-corrected chi connectivity index (χ4v) is 2.23. The van der Waals surface area contributed by atoms with Gasteiger partial charge in [-0.25, -0.2) is 0 Å². The van der Waals surface area contributed by atoms with E-state index in [1.165, 1.54) is 0 Å². The number of aryl methyl sites for hydroxylation is 1. The molecule has 4 nitrogen and oxygen atoms in total. The van der Waals surface area contributed by atoms with Gasteiger partial charge in [-0.15, -0.1) is 0 Å². The van der Waals surface area contributed by atoms with Gasteiger partial charge in [0.15, 0.2) is 0 Å². The maximum atomic E-state index is 6.33. The zero-order valence-electron chi connectivity index (χ0n) is 10.1. The van der Waals surface area contributed by atoms with Crippen LogP contribution < -0.4 is 5.73 Å². The first kappa shape index (κ1) is 10.9. The van der Waals surface area contributed by atoms with Gasteiger partial charge >= 0.3 is 0 Å². The van der Waals surface area contributed by atoms with Crippen LogP contribution in [0.5, 0.6) is 0 Å². The molecule has 2 heterocycles. The molecule has 0 saturated heterocycles. The second-order valence-corrected chi connectivity index (χ2v) is 4.28. The molecule has 1 aromatic carbocycles. The molecule has 0 aliphatic carbocycles. The van der Waals surface area contributed by atoms with Gasteiger partial charge in [0, 0.05) is 30.4 Å². The van der Waals surface area contributed by atoms with Crippen LogP contribution in [0.25, 0.3) is 10.9 Å². The monoisotopic (exact) mass is 238 g/mol. The van der Waals surface area contributed by atoms with Gasteiger partial charge in [-0.3, -0.25) is 9.67 Å². The molecule has 0 amide bonds. The third-order valence-corrected chi connectivity index (χ3v) is 3.18. The number of hydrogen-bond donors (Lipinski definition) is 1. The van der Waals surface area contributed by atoms with Crippen LogP contribution in [-0.4, -0.2) is 14.8 Å². The van der Waals surface area contributed by atoms with Gasteiger partial charge < -0.3 is 5.73 Å². The molecule has 0 spiro atoms. The molecule has 2 aromatic heterocycles. The van der Waals surface area contributed by atoms with Crippen molar-refractivity contribution in [1.82, 2.24) is 14.8 Å². The minimum absolute atomic E-state index is 0.212. The van der Waals surface area contributed by atoms with Gasteiger partial charge in [-0.2, -0.15) is 5.10 Å². The quantitative estimate of drug-likeness (QED) is 0.743. The predicted octanol–water partition coefficient (Wildman–Crippen LogP) is 2.02. The van der Waals surface area contributed by atoms with Crippen LogP contribution >= 0.6 is 0 Å². The molecule has 1 unspecified atom stereocenters. The molecule has 0 fully saturated rings. The normalized spacial score (nSPS) is 12.8. The van der Waals surface area contributed by atoms with Crippen LogP contribution in [0.2, 0.25) is 0 Å². The number of nitrogens with two attached hydrogens (primary N) is 1. The number of pyridine rings is 1. The zero-order valence-corrected chi connectivity index (χ0v) is 10.1. The first-order valence-corrected chi connectivity index (χ1v) is 5.84. The summed E-state index contributed by atoms with van der Waals surface area (Å²) in [7, 11) is 1.90. The SMILES string of the molecule is Cn1nccc1C(N)c1cccc2cccnc12. The lowest BCUT2D eigenvalue weighted by Crippen LogP contribution is -2.16. The van der Waals surface area contributed by atoms with E-state index in [9.17, 15) is 0 Å². The second kappa shape index (κ2) is 4.23. The molecule has 0 radical (unpaired) electrons. The van der Waals surface area contributed by atoms with E-state index in [-0.39, 0.29) is 6.04 Å². The highest BCUT2D eigenvalue weighted by Crippen LogP contribution is 2.25. The van der Waals surface area contributed by atoms with Crippen molar-refractivity contribution in [1.29, 1.82) is 0 Å². The molecule has 0 bridgehead atoms. The molecule has 3 rings (SSSR count). The number of para-hydroxylation sites is 1. The van der Waals surface area contributed by atoms with Crippen molar-refractivity contribution < 1.29 is 0 Å². The highest BCUT2D eigenvalue weighted by Gasteiger charge is 2.15. The lowest BCUT2D eigenvalue weighted by molar-refractivity contribution is 0.675. The van der Waals surface area contributed by atoms with Crippen LogP contribution in [-0.2, 0) is 7.05 Å². The summed E-state index contributed by atoms with van der Waals surface area (Å²) in [6, 6.07) is 11.8. The molecule has 0 aliphatic heterocycles. The van der Waals surface area contributed by atoms with Crippen LogP contribution in [0, 0.1) is 0 Å². The van der Waals surface area contributed by atoms with Crippen molar-refractivity contribution in [2.45, 2.75) is 6.04 Å². The Balaban J connectivity index is 2.18. The molecule has 3 aromatic rings. The van der Waals surface area contributed by atoms with Gasteiger partial charge in [-0.05, 0) is 12.1 Å². The van der Waals surface area contributed by atoms with E-state index < -0.39 is 0 Å². The lowest BCUT2D eigenvalue weighted by Gasteiger charge is -2.14. The van der Waals surface area contributed by atoms with E-state index in [0.717, 1.165) is 22.2 Å². The molecule has 1 atom stereocenters. The standard InChI is InChI=1S/C14H14N4/c1-18-12(7-9-17-18)13(15)11-6-2-4-10-5-3-8-16-14(10)11/h2-9,13H,15H2,1H3. The summed E-state index contributed by atoms with van der Waals surface area (Å²) in [4.78, 5) is 4.43. The molecular weight excluding hydrogens is 224 g/mol. The fourth-order valence-electron chi connectivity index (χ4n) is 2.23. The summed E-state index contributed by atoms with van der Waals surface area (Å²) in [6.45, 7) is 0. The Bertz CT molecular complexity index is 682. The van der Waals surface area contributed by atoms with Crippen LogP contribution in [0.4, 0.5) is 0 Å². The van der Waals surface area contributed by atoms with E-state index in [1.54, 1.807) is 17.1 Å². The van der Waals surface area contributed by atoms with Crippen molar-refractivity contribution in [2.75, 3.05) is 0 Å². The Labute approximate surface area is 105 Å². The third-order valence-electron chi connectivity index (χ3n) is 3.18.